The predicted molar refractivity (Wildman–Crippen MR) is 525 cm³/mol. The van der Waals surface area contributed by atoms with Crippen molar-refractivity contribution >= 4 is 119 Å². The molecule has 0 aromatic heterocycles. The molecule has 0 aliphatic heterocycles. The van der Waals surface area contributed by atoms with E-state index in [4.69, 9.17) is 0 Å². The van der Waals surface area contributed by atoms with E-state index in [0.717, 1.165) is 113 Å². The van der Waals surface area contributed by atoms with Crippen LogP contribution in [0.2, 0.25) is 148 Å². The fourth-order valence-electron chi connectivity index (χ4n) is 17.3. The number of carbonyl (C=O) groups excluding carboxylic acids is 9. The van der Waals surface area contributed by atoms with Crippen molar-refractivity contribution in [3.8, 4) is 0 Å². The third-order valence-corrected chi connectivity index (χ3v) is 49.0. The van der Waals surface area contributed by atoms with Crippen LogP contribution in [0.25, 0.3) is 0 Å². The molecule has 9 N–H and O–H groups in total. The van der Waals surface area contributed by atoms with Gasteiger partial charge in [-0.05, 0) is 145 Å². The molecule has 0 fully saturated rings. The van der Waals surface area contributed by atoms with Gasteiger partial charge in [0.2, 0.25) is 0 Å². The highest BCUT2D eigenvalue weighted by molar-refractivity contribution is 6.82. The maximum Gasteiger partial charge on any atom is 0.255 e. The molecular weight excluding hydrogens is 1630 g/mol. The zero-order valence-corrected chi connectivity index (χ0v) is 80.9. The molecule has 9 amide bonds. The van der Waals surface area contributed by atoms with Gasteiger partial charge in [-0.15, -0.1) is 0 Å². The van der Waals surface area contributed by atoms with Crippen LogP contribution in [0.5, 0.6) is 0 Å². The summed E-state index contributed by atoms with van der Waals surface area (Å²) >= 11 is 0. The maximum atomic E-state index is 15.3. The summed E-state index contributed by atoms with van der Waals surface area (Å²) in [5.74, 6) is -5.13. The third-order valence-electron chi connectivity index (χ3n) is 26.0. The highest BCUT2D eigenvalue weighted by atomic mass is 28.3. The second-order valence-corrected chi connectivity index (χ2v) is 69.4. The second kappa shape index (κ2) is 44.8. The number of nitrogens with one attached hydrogen (secondary N) is 9. The summed E-state index contributed by atoms with van der Waals surface area (Å²) in [5, 5.41) is 27.1. The Bertz CT molecular complexity index is 4080. The van der Waals surface area contributed by atoms with E-state index < -0.39 is 102 Å². The summed E-state index contributed by atoms with van der Waals surface area (Å²) in [7, 11) is -9.75. The minimum Gasteiger partial charge on any atom is -0.352 e. The van der Waals surface area contributed by atoms with Crippen LogP contribution < -0.4 is 47.9 Å². The lowest BCUT2D eigenvalue weighted by Crippen LogP contribution is -2.31. The molecule has 4 aromatic rings. The summed E-state index contributed by atoms with van der Waals surface area (Å²) in [6.07, 6.45) is 62.4. The van der Waals surface area contributed by atoms with Gasteiger partial charge in [0.25, 0.3) is 53.2 Å². The third kappa shape index (κ3) is 28.7. The summed E-state index contributed by atoms with van der Waals surface area (Å²) in [6.45, 7) is 30.9. The van der Waals surface area contributed by atoms with Crippen LogP contribution >= 0.6 is 0 Å². The van der Waals surface area contributed by atoms with E-state index in [0.29, 0.717) is 72.5 Å². The van der Waals surface area contributed by atoms with E-state index in [1.54, 1.807) is 0 Å². The largest absolute Gasteiger partial charge is 0.352 e. The number of allylic oxidation sites excluding steroid dienone is 24. The zero-order valence-electron chi connectivity index (χ0n) is 74.9. The molecule has 18 nitrogen and oxygen atoms in total. The van der Waals surface area contributed by atoms with Crippen LogP contribution in [0.3, 0.4) is 0 Å². The molecule has 4 aromatic carbocycles. The monoisotopic (exact) mass is 1760 g/mol. The Labute approximate surface area is 737 Å². The van der Waals surface area contributed by atoms with Crippen LogP contribution in [-0.4, -0.2) is 141 Å². The quantitative estimate of drug-likeness (QED) is 0.0150. The van der Waals surface area contributed by atoms with Crippen molar-refractivity contribution in [2.75, 3.05) is 55.2 Å². The Morgan fingerprint density at radius 1 is 0.195 bits per heavy atom. The van der Waals surface area contributed by atoms with E-state index in [1.807, 2.05) is 0 Å². The Kier molecular flexibility index (Phi) is 34.8. The first-order valence-corrected chi connectivity index (χ1v) is 64.7. The molecule has 0 radical (unpaired) electrons. The lowest BCUT2D eigenvalue weighted by molar-refractivity contribution is 0.0937. The number of amides is 9. The van der Waals surface area contributed by atoms with Gasteiger partial charge in [0, 0.05) is 106 Å². The Balaban J connectivity index is 0.948. The van der Waals surface area contributed by atoms with Crippen molar-refractivity contribution < 1.29 is 43.2 Å². The van der Waals surface area contributed by atoms with Crippen molar-refractivity contribution in [2.24, 2.45) is 0 Å². The number of anilines is 3. The summed E-state index contributed by atoms with van der Waals surface area (Å²) in [5.41, 5.74) is 3.19. The van der Waals surface area contributed by atoms with Gasteiger partial charge >= 0.3 is 0 Å². The lowest BCUT2D eigenvalue weighted by Gasteiger charge is -2.27. The van der Waals surface area contributed by atoms with Crippen LogP contribution in [0.1, 0.15) is 170 Å². The Morgan fingerprint density at radius 3 is 0.463 bits per heavy atom. The fourth-order valence-corrected chi connectivity index (χ4v) is 33.8. The molecule has 6 aliphatic carbocycles. The second-order valence-electron chi connectivity index (χ2n) is 38.5. The molecule has 6 aliphatic rings. The van der Waals surface area contributed by atoms with Crippen LogP contribution in [-0.2, 0) is 0 Å². The minimum atomic E-state index is -1.62. The van der Waals surface area contributed by atoms with Crippen molar-refractivity contribution in [1.82, 2.24) is 31.9 Å². The number of benzene rings is 4. The molecule has 0 spiro atoms. The predicted octanol–water partition coefficient (Wildman–Crippen LogP) is 21.7. The van der Waals surface area contributed by atoms with Gasteiger partial charge in [-0.2, -0.15) is 0 Å². The van der Waals surface area contributed by atoms with E-state index >= 15 is 14.4 Å². The average molecular weight is 1760 g/mol. The first-order valence-electron chi connectivity index (χ1n) is 45.0. The molecule has 0 saturated carbocycles. The highest BCUT2D eigenvalue weighted by Gasteiger charge is 2.35. The normalized spacial score (nSPS) is 15.3. The number of carbonyl (C=O) groups is 9. The molecule has 0 atom stereocenters. The first-order chi connectivity index (χ1) is 58.6. The Hall–Kier alpha value is -9.71. The molecule has 0 saturated heterocycles. The molecule has 0 bridgehead atoms. The minimum absolute atomic E-state index is 0.0831. The summed E-state index contributed by atoms with van der Waals surface area (Å²) in [4.78, 5) is 132. The van der Waals surface area contributed by atoms with Crippen molar-refractivity contribution in [2.45, 2.75) is 225 Å². The van der Waals surface area contributed by atoms with E-state index in [9.17, 15) is 28.8 Å². The van der Waals surface area contributed by atoms with Crippen LogP contribution in [0.4, 0.5) is 17.1 Å². The van der Waals surface area contributed by atoms with Crippen molar-refractivity contribution in [1.29, 1.82) is 0 Å². The van der Waals surface area contributed by atoms with Gasteiger partial charge in [-0.3, -0.25) is 43.2 Å². The molecule has 10 rings (SSSR count). The van der Waals surface area contributed by atoms with Gasteiger partial charge in [0.15, 0.2) is 0 Å². The zero-order chi connectivity index (χ0) is 88.4. The van der Waals surface area contributed by atoms with Crippen molar-refractivity contribution in [3.63, 3.8) is 0 Å². The fraction of sp³-hybridized carbons (Fsp3) is 0.424. The number of rotatable bonds is 48. The topological polar surface area (TPSA) is 262 Å². The van der Waals surface area contributed by atoms with E-state index in [-0.39, 0.29) is 67.1 Å². The van der Waals surface area contributed by atoms with Gasteiger partial charge in [0.1, 0.15) is 0 Å². The standard InChI is InChI=1S/C99H135N9O9Si6/c1-118(2,85-37-13-14-38-85)55-31-25-49-100-91(109)76-64-77(92(110)101-50-26-32-56-119(3,4)86-39-15-16-40-86)68-82(67-76)106-97(115)73-61-74(98(116)107-83-69-78(93(111)102-51-27-33-57-120(5,6)87-41-17-18-42-87)65-79(70-83)94(112)103-52-28-34-58-121(7,8)88-43-19-20-44-88)63-75(62-73)99(117)108-84-71-80(95(113)104-53-29-35-59-122(9,10)89-45-21-22-46-89)66-81(72-84)96(114)105-54-30-36-60-123(11,12)90-47-23-24-48-90/h13-24,37-48,61-72,85-90H,25-36,49-60H2,1-12H3,(H,100,109)(H,101,110)(H,102,111)(H,103,112)(H,104,113)(H,105,114)(H,106,115)(H,107,116)(H,108,117). The molecule has 0 heterocycles. The van der Waals surface area contributed by atoms with Gasteiger partial charge in [-0.1, -0.05) is 299 Å². The van der Waals surface area contributed by atoms with Gasteiger partial charge < -0.3 is 47.9 Å². The van der Waals surface area contributed by atoms with Gasteiger partial charge in [0.05, 0.1) is 48.4 Å². The van der Waals surface area contributed by atoms with Crippen molar-refractivity contribution in [3.05, 3.63) is 269 Å². The van der Waals surface area contributed by atoms with Crippen LogP contribution in [0.15, 0.2) is 219 Å². The number of unbranched alkanes of at least 4 members (excludes halogenated alkanes) is 6. The smallest absolute Gasteiger partial charge is 0.255 e. The summed E-state index contributed by atoms with van der Waals surface area (Å²) < 4.78 is 0. The molecule has 654 valence electrons. The van der Waals surface area contributed by atoms with Crippen LogP contribution in [0, 0.1) is 0 Å². The first kappa shape index (κ1) is 95.5. The SMILES string of the molecule is C[Si](C)(CCCCNC(=O)c1cc(NC(=O)c2cc(C(=O)Nc3cc(C(=O)NCCCC[Si](C)(C)C4C=CC=C4)cc(C(=O)NCCCC[Si](C)(C)C4C=CC=C4)c3)cc(C(=O)Nc3cc(C(=O)NCCCC[Si](C)(C)C4C=CC=C4)cc(C(=O)NCCCC[Si](C)(C)C4C=CC=C4)c3)c2)cc(C(=O)NCCCC[Si](C)(C)C2C=CC=C2)c1)C1C=CC=C1. The number of hydrogen-bond acceptors (Lipinski definition) is 9. The van der Waals surface area contributed by atoms with Gasteiger partial charge in [-0.25, -0.2) is 0 Å². The van der Waals surface area contributed by atoms with E-state index in [1.165, 1.54) is 72.8 Å². The summed E-state index contributed by atoms with van der Waals surface area (Å²) in [6, 6.07) is 23.8. The Morgan fingerprint density at radius 2 is 0.325 bits per heavy atom. The average Bonchev–Trinajstić information content (AvgIpc) is 1.24. The maximum absolute atomic E-state index is 15.3. The highest BCUT2D eigenvalue weighted by Crippen LogP contribution is 2.39. The van der Waals surface area contributed by atoms with E-state index in [2.05, 4.69) is 272 Å². The molecular formula is C99H135N9O9Si6. The molecule has 24 heteroatoms. The lowest BCUT2D eigenvalue weighted by atomic mass is 10.0. The molecule has 123 heavy (non-hydrogen) atoms. The molecule has 0 unspecified atom stereocenters. The number of hydrogen-bond donors (Lipinski definition) is 9.